The van der Waals surface area contributed by atoms with Crippen LogP contribution in [0.4, 0.5) is 0 Å². The summed E-state index contributed by atoms with van der Waals surface area (Å²) in [4.78, 5) is 96.3. The molecule has 13 nitrogen and oxygen atoms in total. The average molecular weight is 518 g/mol. The average Bonchev–Trinajstić information content (AvgIpc) is 3.36. The Morgan fingerprint density at radius 2 is 1.05 bits per heavy atom. The minimum absolute atomic E-state index is 0.224. The summed E-state index contributed by atoms with van der Waals surface area (Å²) in [6, 6.07) is 0. The van der Waals surface area contributed by atoms with Crippen LogP contribution in [0.5, 0.6) is 0 Å². The van der Waals surface area contributed by atoms with E-state index in [4.69, 9.17) is 4.74 Å². The van der Waals surface area contributed by atoms with E-state index in [0.29, 0.717) is 0 Å². The lowest BCUT2D eigenvalue weighted by Crippen LogP contribution is -2.40. The second kappa shape index (κ2) is 10.1. The second-order valence-corrected chi connectivity index (χ2v) is 9.46. The predicted octanol–water partition coefficient (Wildman–Crippen LogP) is 0.0218. The van der Waals surface area contributed by atoms with Gasteiger partial charge in [0.2, 0.25) is 0 Å². The molecule has 4 aliphatic rings. The minimum Gasteiger partial charge on any atom is -0.481 e. The quantitative estimate of drug-likeness (QED) is 0.206. The van der Waals surface area contributed by atoms with Gasteiger partial charge in [-0.3, -0.25) is 38.4 Å². The number of carboxylic acids is 2. The molecule has 2 saturated heterocycles. The number of carboxylic acid groups (broad SMARTS) is 2. The van der Waals surface area contributed by atoms with Crippen molar-refractivity contribution >= 4 is 47.8 Å². The van der Waals surface area contributed by atoms with E-state index in [1.807, 2.05) is 0 Å². The first-order valence-electron chi connectivity index (χ1n) is 11.5. The number of ether oxygens (including phenoxy) is 3. The molecule has 0 saturated carbocycles. The summed E-state index contributed by atoms with van der Waals surface area (Å²) in [7, 11) is 0. The summed E-state index contributed by atoms with van der Waals surface area (Å²) in [5.41, 5.74) is 0. The van der Waals surface area contributed by atoms with Gasteiger partial charge in [-0.15, -0.1) is 0 Å². The van der Waals surface area contributed by atoms with Crippen LogP contribution in [0.15, 0.2) is 24.3 Å². The van der Waals surface area contributed by atoms with E-state index in [-0.39, 0.29) is 25.7 Å². The number of carbonyl (C=O) groups excluding carboxylic acids is 6. The van der Waals surface area contributed by atoms with Crippen LogP contribution in [0, 0.1) is 47.3 Å². The number of rotatable bonds is 6. The molecule has 2 fully saturated rings. The van der Waals surface area contributed by atoms with E-state index in [1.54, 1.807) is 0 Å². The molecule has 0 aromatic carbocycles. The Morgan fingerprint density at radius 3 is 1.35 bits per heavy atom. The van der Waals surface area contributed by atoms with Gasteiger partial charge in [-0.05, 0) is 24.7 Å². The van der Waals surface area contributed by atoms with Crippen molar-refractivity contribution in [1.82, 2.24) is 0 Å². The van der Waals surface area contributed by atoms with E-state index < -0.39 is 95.1 Å². The lowest BCUT2D eigenvalue weighted by Gasteiger charge is -2.31. The second-order valence-electron chi connectivity index (χ2n) is 9.46. The maximum atomic E-state index is 13.0. The van der Waals surface area contributed by atoms with Crippen molar-refractivity contribution < 1.29 is 62.8 Å². The molecule has 0 aromatic heterocycles. The maximum absolute atomic E-state index is 13.0. The van der Waals surface area contributed by atoms with Gasteiger partial charge in [0, 0.05) is 0 Å². The molecule has 8 unspecified atom stereocenters. The molecule has 0 amide bonds. The Kier molecular flexibility index (Phi) is 7.05. The highest BCUT2D eigenvalue weighted by Gasteiger charge is 2.48. The molecule has 0 radical (unpaired) electrons. The lowest BCUT2D eigenvalue weighted by molar-refractivity contribution is -0.172. The Hall–Kier alpha value is -4.16. The minimum atomic E-state index is -1.40. The van der Waals surface area contributed by atoms with Crippen LogP contribution in [0.3, 0.4) is 0 Å². The fourth-order valence-corrected chi connectivity index (χ4v) is 5.31. The van der Waals surface area contributed by atoms with Gasteiger partial charge < -0.3 is 24.4 Å². The fraction of sp³-hybridized carbons (Fsp3) is 0.500. The molecule has 0 bridgehead atoms. The molecular formula is C24H22O13. The van der Waals surface area contributed by atoms with Crippen molar-refractivity contribution in [2.24, 2.45) is 47.3 Å². The SMILES string of the molecule is O=C1CC(C2C=CC(C(=O)O)C(C(=O)OC(=O)C3CC(C4CC(=O)OC4=O)C=CC3C(=O)O)C2)C(=O)O1. The number of hydrogen-bond acceptors (Lipinski definition) is 11. The van der Waals surface area contributed by atoms with Gasteiger partial charge in [-0.25, -0.2) is 0 Å². The van der Waals surface area contributed by atoms with Crippen LogP contribution in [0.1, 0.15) is 25.7 Å². The van der Waals surface area contributed by atoms with Crippen molar-refractivity contribution in [3.05, 3.63) is 24.3 Å². The van der Waals surface area contributed by atoms with Crippen LogP contribution in [0.2, 0.25) is 0 Å². The molecule has 8 atom stereocenters. The summed E-state index contributed by atoms with van der Waals surface area (Å²) in [5, 5.41) is 19.1. The highest BCUT2D eigenvalue weighted by molar-refractivity contribution is 5.96. The summed E-state index contributed by atoms with van der Waals surface area (Å²) < 4.78 is 14.0. The number of aliphatic carboxylic acids is 2. The molecule has 2 aliphatic heterocycles. The third kappa shape index (κ3) is 5.20. The predicted molar refractivity (Wildman–Crippen MR) is 113 cm³/mol. The topological polar surface area (TPSA) is 205 Å². The molecule has 2 N–H and O–H groups in total. The third-order valence-electron chi connectivity index (χ3n) is 7.27. The summed E-state index contributed by atoms with van der Waals surface area (Å²) >= 11 is 0. The van der Waals surface area contributed by atoms with E-state index >= 15 is 0 Å². The molecule has 0 aromatic rings. The number of cyclic esters (lactones) is 4. The van der Waals surface area contributed by atoms with Crippen LogP contribution in [-0.4, -0.2) is 58.0 Å². The first kappa shape index (κ1) is 25.9. The maximum Gasteiger partial charge on any atom is 0.317 e. The highest BCUT2D eigenvalue weighted by atomic mass is 16.6. The Morgan fingerprint density at radius 1 is 0.676 bits per heavy atom. The Bertz CT molecular complexity index is 1060. The number of esters is 6. The summed E-state index contributed by atoms with van der Waals surface area (Å²) in [5.74, 6) is -17.2. The van der Waals surface area contributed by atoms with E-state index in [0.717, 1.165) is 0 Å². The van der Waals surface area contributed by atoms with Gasteiger partial charge in [-0.1, -0.05) is 24.3 Å². The molecule has 196 valence electrons. The Balaban J connectivity index is 1.50. The number of allylic oxidation sites excluding steroid dienone is 2. The van der Waals surface area contributed by atoms with Gasteiger partial charge in [0.25, 0.3) is 0 Å². The van der Waals surface area contributed by atoms with Gasteiger partial charge in [0.1, 0.15) is 0 Å². The highest BCUT2D eigenvalue weighted by Crippen LogP contribution is 2.40. The van der Waals surface area contributed by atoms with E-state index in [9.17, 15) is 48.6 Å². The van der Waals surface area contributed by atoms with Crippen LogP contribution >= 0.6 is 0 Å². The molecule has 13 heteroatoms. The van der Waals surface area contributed by atoms with Gasteiger partial charge in [-0.2, -0.15) is 0 Å². The van der Waals surface area contributed by atoms with Crippen molar-refractivity contribution in [3.8, 4) is 0 Å². The molecule has 0 spiro atoms. The molecule has 37 heavy (non-hydrogen) atoms. The summed E-state index contributed by atoms with van der Waals surface area (Å²) in [6.45, 7) is 0. The van der Waals surface area contributed by atoms with Crippen LogP contribution < -0.4 is 0 Å². The first-order valence-corrected chi connectivity index (χ1v) is 11.5. The molecular weight excluding hydrogens is 496 g/mol. The van der Waals surface area contributed by atoms with Gasteiger partial charge >= 0.3 is 47.8 Å². The van der Waals surface area contributed by atoms with Crippen molar-refractivity contribution in [2.45, 2.75) is 25.7 Å². The smallest absolute Gasteiger partial charge is 0.317 e. The Labute approximate surface area is 208 Å². The largest absolute Gasteiger partial charge is 0.481 e. The lowest BCUT2D eigenvalue weighted by atomic mass is 9.73. The zero-order valence-electron chi connectivity index (χ0n) is 19.1. The van der Waals surface area contributed by atoms with Crippen LogP contribution in [-0.2, 0) is 52.6 Å². The van der Waals surface area contributed by atoms with Crippen molar-refractivity contribution in [3.63, 3.8) is 0 Å². The monoisotopic (exact) mass is 518 g/mol. The van der Waals surface area contributed by atoms with Crippen molar-refractivity contribution in [2.75, 3.05) is 0 Å². The first-order chi connectivity index (χ1) is 17.5. The fourth-order valence-electron chi connectivity index (χ4n) is 5.31. The standard InChI is InChI=1S/C24H22O13/c25-17-7-13(21(31)35-17)9-1-3-11(19(27)28)15(5-9)23(33)37-24(34)16-6-10(2-4-12(16)20(29)30)14-8-18(26)36-22(14)32/h1-4,9-16H,5-8H2,(H,27,28)(H,29,30). The number of hydrogen-bond donors (Lipinski definition) is 2. The molecule has 2 aliphatic carbocycles. The zero-order chi connectivity index (χ0) is 27.0. The third-order valence-corrected chi connectivity index (χ3v) is 7.27. The zero-order valence-corrected chi connectivity index (χ0v) is 19.1. The van der Waals surface area contributed by atoms with Crippen LogP contribution in [0.25, 0.3) is 0 Å². The molecule has 2 heterocycles. The normalized spacial score (nSPS) is 35.1. The van der Waals surface area contributed by atoms with Gasteiger partial charge in [0.05, 0.1) is 48.3 Å². The van der Waals surface area contributed by atoms with E-state index in [2.05, 4.69) is 9.47 Å². The number of carbonyl (C=O) groups is 8. The molecule has 4 rings (SSSR count). The van der Waals surface area contributed by atoms with Gasteiger partial charge in [0.15, 0.2) is 0 Å². The van der Waals surface area contributed by atoms with E-state index in [1.165, 1.54) is 24.3 Å². The summed E-state index contributed by atoms with van der Waals surface area (Å²) in [6.07, 6.45) is 4.26. The van der Waals surface area contributed by atoms with Crippen molar-refractivity contribution in [1.29, 1.82) is 0 Å².